The van der Waals surface area contributed by atoms with Crippen LogP contribution in [0.25, 0.3) is 0 Å². The van der Waals surface area contributed by atoms with Gasteiger partial charge in [-0.3, -0.25) is 13.9 Å². The molecule has 0 aliphatic rings. The second-order valence-electron chi connectivity index (χ2n) is 4.18. The lowest BCUT2D eigenvalue weighted by Gasteiger charge is -2.39. The van der Waals surface area contributed by atoms with E-state index in [2.05, 4.69) is 0 Å². The molecular weight excluding hydrogens is 350 g/mol. The van der Waals surface area contributed by atoms with Crippen LogP contribution in [0.5, 0.6) is 0 Å². The van der Waals surface area contributed by atoms with E-state index < -0.39 is 32.7 Å². The summed E-state index contributed by atoms with van der Waals surface area (Å²) in [6, 6.07) is 0. The number of carboxylic acid groups (broad SMARTS) is 1. The van der Waals surface area contributed by atoms with Crippen molar-refractivity contribution in [2.24, 2.45) is 0 Å². The first kappa shape index (κ1) is 22.7. The Morgan fingerprint density at radius 2 is 1.17 bits per heavy atom. The fraction of sp³-hybridized carbons (Fsp3) is 0.917. The number of carboxylic acids is 1. The van der Waals surface area contributed by atoms with Gasteiger partial charge in [-0.2, -0.15) is 0 Å². The highest BCUT2D eigenvalue weighted by Crippen LogP contribution is 2.79. The zero-order valence-corrected chi connectivity index (χ0v) is 15.9. The summed E-state index contributed by atoms with van der Waals surface area (Å²) in [7, 11) is -7.56. The lowest BCUT2D eigenvalue weighted by molar-refractivity contribution is -0.140. The molecule has 0 aliphatic heterocycles. The first-order chi connectivity index (χ1) is 10.7. The molecule has 0 heterocycles. The molecule has 0 radical (unpaired) electrons. The highest BCUT2D eigenvalue weighted by Gasteiger charge is 2.67. The number of hydrogen-bond acceptors (Lipinski definition) is 8. The molecule has 0 amide bonds. The molecule has 0 unspecified atom stereocenters. The topological polar surface area (TPSA) is 118 Å². The molecule has 0 saturated heterocycles. The molecule has 1 N–H and O–H groups in total. The van der Waals surface area contributed by atoms with Crippen LogP contribution < -0.4 is 0 Å². The normalized spacial score (nSPS) is 13.3. The van der Waals surface area contributed by atoms with E-state index in [1.54, 1.807) is 27.7 Å². The first-order valence-corrected chi connectivity index (χ1v) is 10.4. The van der Waals surface area contributed by atoms with Crippen molar-refractivity contribution in [1.82, 2.24) is 0 Å². The standard InChI is InChI=1S/C12H26O9P2/c1-6-18-22(15,19-7-2)12(17-5,10-11(13)14)23(16,20-8-3)21-9-4/h6-10H2,1-5H3,(H,13,14). The van der Waals surface area contributed by atoms with E-state index in [-0.39, 0.29) is 26.4 Å². The molecule has 9 nitrogen and oxygen atoms in total. The number of carbonyl (C=O) groups is 1. The van der Waals surface area contributed by atoms with E-state index in [4.69, 9.17) is 22.8 Å². The second-order valence-corrected chi connectivity index (χ2v) is 9.00. The lowest BCUT2D eigenvalue weighted by atomic mass is 10.4. The molecule has 0 aromatic rings. The molecule has 0 spiro atoms. The molecule has 0 fully saturated rings. The van der Waals surface area contributed by atoms with Gasteiger partial charge in [0.25, 0.3) is 5.08 Å². The molecule has 0 rings (SSSR count). The summed E-state index contributed by atoms with van der Waals surface area (Å²) in [5.41, 5.74) is 0. The zero-order valence-electron chi connectivity index (χ0n) is 14.1. The summed E-state index contributed by atoms with van der Waals surface area (Å²) in [4.78, 5) is 11.3. The van der Waals surface area contributed by atoms with Crippen molar-refractivity contribution in [3.63, 3.8) is 0 Å². The molecule has 0 aliphatic carbocycles. The fourth-order valence-electron chi connectivity index (χ4n) is 1.99. The van der Waals surface area contributed by atoms with E-state index >= 15 is 0 Å². The van der Waals surface area contributed by atoms with Gasteiger partial charge in [-0.1, -0.05) is 0 Å². The fourth-order valence-corrected chi connectivity index (χ4v) is 7.31. The molecule has 0 aromatic heterocycles. The van der Waals surface area contributed by atoms with E-state index in [0.29, 0.717) is 0 Å². The summed E-state index contributed by atoms with van der Waals surface area (Å²) >= 11 is 0. The van der Waals surface area contributed by atoms with Crippen molar-refractivity contribution in [2.75, 3.05) is 33.5 Å². The van der Waals surface area contributed by atoms with E-state index in [1.807, 2.05) is 0 Å². The SMILES string of the molecule is CCOP(=O)(OCC)C(CC(=O)O)(OC)P(=O)(OCC)OCC. The minimum absolute atomic E-state index is 0.0692. The Hall–Kier alpha value is -0.270. The zero-order chi connectivity index (χ0) is 18.1. The summed E-state index contributed by atoms with van der Waals surface area (Å²) in [6.45, 7) is 5.89. The van der Waals surface area contributed by atoms with Crippen molar-refractivity contribution in [3.8, 4) is 0 Å². The molecule has 0 atom stereocenters. The van der Waals surface area contributed by atoms with Crippen LogP contribution in [0.3, 0.4) is 0 Å². The van der Waals surface area contributed by atoms with Crippen LogP contribution in [-0.2, 0) is 36.8 Å². The highest BCUT2D eigenvalue weighted by molar-refractivity contribution is 7.74. The van der Waals surface area contributed by atoms with Crippen molar-refractivity contribution < 1.29 is 41.9 Å². The quantitative estimate of drug-likeness (QED) is 0.483. The first-order valence-electron chi connectivity index (χ1n) is 7.27. The number of aliphatic carboxylic acids is 1. The summed E-state index contributed by atoms with van der Waals surface area (Å²) in [5.74, 6) is -1.41. The van der Waals surface area contributed by atoms with Crippen LogP contribution in [0.2, 0.25) is 0 Å². The number of ether oxygens (including phenoxy) is 1. The predicted molar refractivity (Wildman–Crippen MR) is 83.7 cm³/mol. The largest absolute Gasteiger partial charge is 0.481 e. The monoisotopic (exact) mass is 376 g/mol. The Morgan fingerprint density at radius 3 is 1.35 bits per heavy atom. The maximum absolute atomic E-state index is 13.2. The van der Waals surface area contributed by atoms with Gasteiger partial charge in [0, 0.05) is 7.11 Å². The molecule has 138 valence electrons. The van der Waals surface area contributed by atoms with Crippen LogP contribution in [0.1, 0.15) is 34.1 Å². The Kier molecular flexibility index (Phi) is 9.77. The summed E-state index contributed by atoms with van der Waals surface area (Å²) < 4.78 is 52.4. The minimum Gasteiger partial charge on any atom is -0.481 e. The molecule has 23 heavy (non-hydrogen) atoms. The minimum atomic E-state index is -4.31. The molecule has 0 aromatic carbocycles. The molecular formula is C12H26O9P2. The van der Waals surface area contributed by atoms with Gasteiger partial charge in [-0.05, 0) is 27.7 Å². The third-order valence-corrected chi connectivity index (χ3v) is 9.02. The third kappa shape index (κ3) is 4.86. The maximum atomic E-state index is 13.2. The van der Waals surface area contributed by atoms with Gasteiger partial charge < -0.3 is 27.9 Å². The average molecular weight is 376 g/mol. The van der Waals surface area contributed by atoms with Crippen LogP contribution in [0.4, 0.5) is 0 Å². The van der Waals surface area contributed by atoms with Crippen LogP contribution in [-0.4, -0.2) is 49.7 Å². The van der Waals surface area contributed by atoms with Gasteiger partial charge in [0.2, 0.25) is 0 Å². The molecule has 11 heteroatoms. The van der Waals surface area contributed by atoms with Crippen molar-refractivity contribution >= 4 is 21.2 Å². The Balaban J connectivity index is 6.41. The molecule has 0 bridgehead atoms. The summed E-state index contributed by atoms with van der Waals surface area (Å²) in [6.07, 6.45) is -0.932. The predicted octanol–water partition coefficient (Wildman–Crippen LogP) is 3.29. The smallest absolute Gasteiger partial charge is 0.375 e. The Morgan fingerprint density at radius 1 is 0.870 bits per heavy atom. The van der Waals surface area contributed by atoms with Gasteiger partial charge in [0.05, 0.1) is 32.8 Å². The van der Waals surface area contributed by atoms with Crippen molar-refractivity contribution in [2.45, 2.75) is 39.2 Å². The van der Waals surface area contributed by atoms with E-state index in [1.165, 1.54) is 0 Å². The number of methoxy groups -OCH3 is 1. The maximum Gasteiger partial charge on any atom is 0.375 e. The Bertz CT molecular complexity index is 415. The van der Waals surface area contributed by atoms with E-state index in [9.17, 15) is 19.0 Å². The van der Waals surface area contributed by atoms with Gasteiger partial charge in [-0.15, -0.1) is 0 Å². The Labute approximate surface area is 136 Å². The average Bonchev–Trinajstić information content (AvgIpc) is 2.45. The van der Waals surface area contributed by atoms with Crippen LogP contribution in [0, 0.1) is 0 Å². The van der Waals surface area contributed by atoms with Crippen molar-refractivity contribution in [3.05, 3.63) is 0 Å². The van der Waals surface area contributed by atoms with Gasteiger partial charge in [0.1, 0.15) is 0 Å². The number of rotatable bonds is 13. The lowest BCUT2D eigenvalue weighted by Crippen LogP contribution is -2.37. The van der Waals surface area contributed by atoms with Gasteiger partial charge >= 0.3 is 21.2 Å². The highest BCUT2D eigenvalue weighted by atomic mass is 31.2. The van der Waals surface area contributed by atoms with E-state index in [0.717, 1.165) is 7.11 Å². The molecule has 0 saturated carbocycles. The van der Waals surface area contributed by atoms with Crippen LogP contribution >= 0.6 is 15.2 Å². The van der Waals surface area contributed by atoms with Gasteiger partial charge in [-0.25, -0.2) is 0 Å². The third-order valence-electron chi connectivity index (χ3n) is 2.76. The summed E-state index contributed by atoms with van der Waals surface area (Å²) in [5, 5.41) is 6.84. The second kappa shape index (κ2) is 9.89. The number of hydrogen-bond donors (Lipinski definition) is 1. The van der Waals surface area contributed by atoms with Crippen LogP contribution in [0.15, 0.2) is 0 Å². The van der Waals surface area contributed by atoms with Gasteiger partial charge in [0.15, 0.2) is 0 Å². The van der Waals surface area contributed by atoms with Crippen molar-refractivity contribution in [1.29, 1.82) is 0 Å².